The molecule has 0 spiro atoms. The van der Waals surface area contributed by atoms with E-state index in [0.29, 0.717) is 0 Å². The molecule has 0 saturated heterocycles. The molecule has 0 fully saturated rings. The fraction of sp³-hybridized carbons (Fsp3) is 0.739. The Morgan fingerprint density at radius 2 is 0.875 bits per heavy atom. The predicted molar refractivity (Wildman–Crippen MR) is 112 cm³/mol. The summed E-state index contributed by atoms with van der Waals surface area (Å²) in [4.78, 5) is 0. The van der Waals surface area contributed by atoms with Gasteiger partial charge in [0.2, 0.25) is 0 Å². The van der Waals surface area contributed by atoms with Crippen LogP contribution in [0, 0.1) is 0 Å². The van der Waals surface area contributed by atoms with Crippen LogP contribution in [0.5, 0.6) is 0 Å². The molecule has 134 valence electrons. The third kappa shape index (κ3) is 15.7. The Bertz CT molecular complexity index is 333. The molecule has 0 heterocycles. The van der Waals surface area contributed by atoms with Gasteiger partial charge >= 0.3 is 29.6 Å². The summed E-state index contributed by atoms with van der Waals surface area (Å²) in [5, 5.41) is 0. The fourth-order valence-electron chi connectivity index (χ4n) is 3.35. The van der Waals surface area contributed by atoms with Crippen molar-refractivity contribution in [1.29, 1.82) is 0 Å². The van der Waals surface area contributed by atoms with E-state index in [1.807, 2.05) is 0 Å². The molecule has 24 heavy (non-hydrogen) atoms. The van der Waals surface area contributed by atoms with E-state index in [4.69, 9.17) is 0 Å². The van der Waals surface area contributed by atoms with Gasteiger partial charge in [-0.15, -0.1) is 0 Å². The van der Waals surface area contributed by atoms with Crippen LogP contribution in [0.15, 0.2) is 30.3 Å². The summed E-state index contributed by atoms with van der Waals surface area (Å²) in [6, 6.07) is 10.9. The van der Waals surface area contributed by atoms with E-state index in [9.17, 15) is 0 Å². The molecule has 1 aromatic rings. The second kappa shape index (κ2) is 19.5. The van der Waals surface area contributed by atoms with Crippen LogP contribution in [0.4, 0.5) is 0 Å². The van der Waals surface area contributed by atoms with Crippen LogP contribution in [-0.2, 0) is 6.42 Å². The monoisotopic (exact) mass is 340 g/mol. The first-order valence-corrected chi connectivity index (χ1v) is 10.5. The fourth-order valence-corrected chi connectivity index (χ4v) is 3.35. The normalized spacial score (nSPS) is 10.5. The maximum atomic E-state index is 2.29. The van der Waals surface area contributed by atoms with Gasteiger partial charge in [0, 0.05) is 0 Å². The van der Waals surface area contributed by atoms with E-state index in [1.54, 1.807) is 0 Å². The van der Waals surface area contributed by atoms with Crippen LogP contribution in [-0.4, -0.2) is 29.6 Å². The van der Waals surface area contributed by atoms with Crippen molar-refractivity contribution in [2.45, 2.75) is 110 Å². The summed E-state index contributed by atoms with van der Waals surface area (Å²) in [6.07, 6.45) is 22.9. The van der Waals surface area contributed by atoms with E-state index in [2.05, 4.69) is 37.3 Å². The van der Waals surface area contributed by atoms with Crippen molar-refractivity contribution >= 4 is 29.6 Å². The summed E-state index contributed by atoms with van der Waals surface area (Å²) in [5.41, 5.74) is 1.50. The average molecular weight is 341 g/mol. The standard InChI is InChI=1S/C23H40.Na.H/c1-2-3-4-5-6-7-8-9-10-11-12-13-14-15-17-20-23-21-18-16-19-22-23;;/h16,18-19,21-22H,2-15,17,20H2,1H3;;. The molecule has 0 unspecified atom stereocenters. The minimum absolute atomic E-state index is 0. The van der Waals surface area contributed by atoms with Crippen molar-refractivity contribution < 1.29 is 0 Å². The van der Waals surface area contributed by atoms with Crippen LogP contribution < -0.4 is 0 Å². The third-order valence-corrected chi connectivity index (χ3v) is 4.91. The quantitative estimate of drug-likeness (QED) is 0.216. The van der Waals surface area contributed by atoms with E-state index < -0.39 is 0 Å². The van der Waals surface area contributed by atoms with Gasteiger partial charge < -0.3 is 0 Å². The first-order chi connectivity index (χ1) is 11.4. The number of unbranched alkanes of at least 4 members (excludes halogenated alkanes) is 14. The van der Waals surface area contributed by atoms with Gasteiger partial charge in [-0.25, -0.2) is 0 Å². The van der Waals surface area contributed by atoms with E-state index in [-0.39, 0.29) is 29.6 Å². The zero-order valence-corrected chi connectivity index (χ0v) is 15.7. The third-order valence-electron chi connectivity index (χ3n) is 4.91. The maximum absolute atomic E-state index is 2.29. The molecule has 0 saturated carbocycles. The number of benzene rings is 1. The van der Waals surface area contributed by atoms with Gasteiger partial charge in [0.25, 0.3) is 0 Å². The van der Waals surface area contributed by atoms with Gasteiger partial charge in [-0.3, -0.25) is 0 Å². The first-order valence-electron chi connectivity index (χ1n) is 10.5. The van der Waals surface area contributed by atoms with Crippen LogP contribution in [0.3, 0.4) is 0 Å². The molecule has 0 bridgehead atoms. The molecule has 0 atom stereocenters. The van der Waals surface area contributed by atoms with Crippen LogP contribution in [0.1, 0.15) is 109 Å². The molecule has 0 radical (unpaired) electrons. The van der Waals surface area contributed by atoms with Crippen molar-refractivity contribution in [2.24, 2.45) is 0 Å². The molecule has 0 aromatic heterocycles. The molecular formula is C23H41Na. The molecule has 0 N–H and O–H groups in total. The second-order valence-corrected chi connectivity index (χ2v) is 7.19. The molecule has 0 aliphatic rings. The van der Waals surface area contributed by atoms with Crippen molar-refractivity contribution in [1.82, 2.24) is 0 Å². The summed E-state index contributed by atoms with van der Waals surface area (Å²) >= 11 is 0. The van der Waals surface area contributed by atoms with Gasteiger partial charge in [0.15, 0.2) is 0 Å². The molecular weight excluding hydrogens is 299 g/mol. The Balaban J connectivity index is 0.00000529. The Morgan fingerprint density at radius 3 is 1.29 bits per heavy atom. The Labute approximate surface area is 174 Å². The topological polar surface area (TPSA) is 0 Å². The number of hydrogen-bond acceptors (Lipinski definition) is 0. The minimum atomic E-state index is 0. The van der Waals surface area contributed by atoms with Gasteiger partial charge in [-0.1, -0.05) is 127 Å². The first kappa shape index (κ1) is 24.2. The molecule has 0 nitrogen and oxygen atoms in total. The van der Waals surface area contributed by atoms with E-state index in [0.717, 1.165) is 0 Å². The van der Waals surface area contributed by atoms with Crippen LogP contribution >= 0.6 is 0 Å². The number of aryl methyl sites for hydroxylation is 1. The van der Waals surface area contributed by atoms with Crippen molar-refractivity contribution in [2.75, 3.05) is 0 Å². The van der Waals surface area contributed by atoms with Crippen molar-refractivity contribution in [3.63, 3.8) is 0 Å². The molecule has 0 amide bonds. The molecule has 1 rings (SSSR count). The average Bonchev–Trinajstić information content (AvgIpc) is 2.59. The Hall–Kier alpha value is 0.220. The Morgan fingerprint density at radius 1 is 0.500 bits per heavy atom. The zero-order chi connectivity index (χ0) is 16.4. The summed E-state index contributed by atoms with van der Waals surface area (Å²) < 4.78 is 0. The zero-order valence-electron chi connectivity index (χ0n) is 15.7. The SMILES string of the molecule is CCCCCCCCCCCCCCCCCc1ccccc1.[NaH]. The molecule has 1 aromatic carbocycles. The summed E-state index contributed by atoms with van der Waals surface area (Å²) in [6.45, 7) is 2.29. The molecule has 0 aliphatic heterocycles. The van der Waals surface area contributed by atoms with Crippen molar-refractivity contribution in [3.8, 4) is 0 Å². The van der Waals surface area contributed by atoms with E-state index in [1.165, 1.54) is 108 Å². The predicted octanol–water partition coefficient (Wildman–Crippen LogP) is 7.45. The van der Waals surface area contributed by atoms with Gasteiger partial charge in [0.1, 0.15) is 0 Å². The second-order valence-electron chi connectivity index (χ2n) is 7.19. The van der Waals surface area contributed by atoms with Crippen LogP contribution in [0.25, 0.3) is 0 Å². The number of hydrogen-bond donors (Lipinski definition) is 0. The summed E-state index contributed by atoms with van der Waals surface area (Å²) in [5.74, 6) is 0. The molecule has 1 heteroatoms. The molecule has 0 aliphatic carbocycles. The Kier molecular flexibility index (Phi) is 19.7. The summed E-state index contributed by atoms with van der Waals surface area (Å²) in [7, 11) is 0. The van der Waals surface area contributed by atoms with Gasteiger partial charge in [-0.05, 0) is 18.4 Å². The number of rotatable bonds is 16. The van der Waals surface area contributed by atoms with Crippen molar-refractivity contribution in [3.05, 3.63) is 35.9 Å². The van der Waals surface area contributed by atoms with Gasteiger partial charge in [-0.2, -0.15) is 0 Å². The van der Waals surface area contributed by atoms with Crippen LogP contribution in [0.2, 0.25) is 0 Å². The van der Waals surface area contributed by atoms with Gasteiger partial charge in [0.05, 0.1) is 0 Å². The van der Waals surface area contributed by atoms with E-state index >= 15 is 0 Å².